The Morgan fingerprint density at radius 2 is 2.17 bits per heavy atom. The second kappa shape index (κ2) is 9.22. The minimum absolute atomic E-state index is 0.711. The number of methoxy groups -OCH3 is 1. The van der Waals surface area contributed by atoms with Crippen LogP contribution in [0, 0.1) is 5.92 Å². The molecule has 12 heavy (non-hydrogen) atoms. The molecule has 0 bridgehead atoms. The highest BCUT2D eigenvalue weighted by Crippen LogP contribution is 2.12. The number of hydrogen-bond acceptors (Lipinski definition) is 1. The number of ether oxygens (including phenoxy) is 1. The van der Waals surface area contributed by atoms with Gasteiger partial charge in [0.1, 0.15) is 0 Å². The standard InChI is InChI=1S/C10H21OP/c1-3-4-5-10(7-9-12)6-8-11-2/h4-5,10H,3,6-9,12H2,1-2H3. The number of rotatable bonds is 7. The van der Waals surface area contributed by atoms with Gasteiger partial charge in [-0.3, -0.25) is 0 Å². The van der Waals surface area contributed by atoms with Crippen molar-refractivity contribution in [1.29, 1.82) is 0 Å². The minimum Gasteiger partial charge on any atom is -0.385 e. The number of hydrogen-bond donors (Lipinski definition) is 0. The van der Waals surface area contributed by atoms with Gasteiger partial charge in [-0.25, -0.2) is 0 Å². The van der Waals surface area contributed by atoms with E-state index < -0.39 is 0 Å². The van der Waals surface area contributed by atoms with E-state index in [4.69, 9.17) is 4.74 Å². The van der Waals surface area contributed by atoms with Crippen molar-refractivity contribution in [2.75, 3.05) is 19.9 Å². The molecule has 2 atom stereocenters. The molecule has 0 N–H and O–H groups in total. The van der Waals surface area contributed by atoms with Gasteiger partial charge in [0.05, 0.1) is 0 Å². The molecular weight excluding hydrogens is 167 g/mol. The van der Waals surface area contributed by atoms with E-state index in [0.29, 0.717) is 5.92 Å². The van der Waals surface area contributed by atoms with Gasteiger partial charge in [0.25, 0.3) is 0 Å². The molecular formula is C10H21OP. The third-order valence-corrected chi connectivity index (χ3v) is 2.21. The van der Waals surface area contributed by atoms with Crippen molar-refractivity contribution < 1.29 is 4.74 Å². The maximum absolute atomic E-state index is 5.06. The van der Waals surface area contributed by atoms with Crippen LogP contribution in [0.25, 0.3) is 0 Å². The fourth-order valence-electron chi connectivity index (χ4n) is 1.15. The highest BCUT2D eigenvalue weighted by molar-refractivity contribution is 7.16. The van der Waals surface area contributed by atoms with E-state index in [9.17, 15) is 0 Å². The fraction of sp³-hybridized carbons (Fsp3) is 0.800. The summed E-state index contributed by atoms with van der Waals surface area (Å²) in [5.41, 5.74) is 0. The van der Waals surface area contributed by atoms with Gasteiger partial charge in [-0.2, -0.15) is 0 Å². The van der Waals surface area contributed by atoms with Crippen LogP contribution in [0.2, 0.25) is 0 Å². The van der Waals surface area contributed by atoms with Gasteiger partial charge >= 0.3 is 0 Å². The van der Waals surface area contributed by atoms with Crippen LogP contribution in [0.1, 0.15) is 26.2 Å². The summed E-state index contributed by atoms with van der Waals surface area (Å²) in [5, 5.41) is 0. The first-order valence-electron chi connectivity index (χ1n) is 4.70. The molecule has 0 aliphatic heterocycles. The van der Waals surface area contributed by atoms with Gasteiger partial charge in [0.2, 0.25) is 0 Å². The molecule has 0 aromatic heterocycles. The molecule has 0 aromatic carbocycles. The molecule has 0 fully saturated rings. The maximum atomic E-state index is 5.06. The molecule has 0 aliphatic carbocycles. The van der Waals surface area contributed by atoms with Crippen LogP contribution in [-0.2, 0) is 4.74 Å². The van der Waals surface area contributed by atoms with Crippen molar-refractivity contribution in [1.82, 2.24) is 0 Å². The van der Waals surface area contributed by atoms with E-state index in [-0.39, 0.29) is 0 Å². The van der Waals surface area contributed by atoms with Crippen molar-refractivity contribution in [2.24, 2.45) is 5.92 Å². The van der Waals surface area contributed by atoms with Crippen LogP contribution in [0.3, 0.4) is 0 Å². The Labute approximate surface area is 78.8 Å². The average Bonchev–Trinajstić information content (AvgIpc) is 2.10. The van der Waals surface area contributed by atoms with Gasteiger partial charge in [0, 0.05) is 13.7 Å². The minimum atomic E-state index is 0.711. The summed E-state index contributed by atoms with van der Waals surface area (Å²) in [6, 6.07) is 0. The quantitative estimate of drug-likeness (QED) is 0.441. The van der Waals surface area contributed by atoms with Crippen LogP contribution in [0.15, 0.2) is 12.2 Å². The third kappa shape index (κ3) is 6.82. The molecule has 0 radical (unpaired) electrons. The zero-order valence-electron chi connectivity index (χ0n) is 8.25. The molecule has 0 saturated heterocycles. The van der Waals surface area contributed by atoms with Crippen molar-refractivity contribution in [3.8, 4) is 0 Å². The molecule has 0 saturated carbocycles. The first kappa shape index (κ1) is 12.1. The zero-order chi connectivity index (χ0) is 9.23. The van der Waals surface area contributed by atoms with Crippen LogP contribution < -0.4 is 0 Å². The fourth-order valence-corrected chi connectivity index (χ4v) is 1.58. The lowest BCUT2D eigenvalue weighted by Crippen LogP contribution is -2.02. The van der Waals surface area contributed by atoms with Crippen molar-refractivity contribution in [2.45, 2.75) is 26.2 Å². The molecule has 1 nitrogen and oxygen atoms in total. The van der Waals surface area contributed by atoms with Gasteiger partial charge in [-0.05, 0) is 31.3 Å². The van der Waals surface area contributed by atoms with E-state index in [2.05, 4.69) is 28.3 Å². The Morgan fingerprint density at radius 3 is 2.67 bits per heavy atom. The second-order valence-corrected chi connectivity index (χ2v) is 3.53. The van der Waals surface area contributed by atoms with E-state index in [1.807, 2.05) is 0 Å². The van der Waals surface area contributed by atoms with Gasteiger partial charge in [0.15, 0.2) is 0 Å². The van der Waals surface area contributed by atoms with Crippen molar-refractivity contribution in [3.63, 3.8) is 0 Å². The predicted octanol–water partition coefficient (Wildman–Crippen LogP) is 2.87. The third-order valence-electron chi connectivity index (χ3n) is 1.87. The van der Waals surface area contributed by atoms with Crippen LogP contribution in [0.4, 0.5) is 0 Å². The Bertz CT molecular complexity index is 112. The molecule has 72 valence electrons. The summed E-state index contributed by atoms with van der Waals surface area (Å²) in [6.45, 7) is 3.05. The Balaban J connectivity index is 3.61. The molecule has 2 heteroatoms. The molecule has 0 heterocycles. The Morgan fingerprint density at radius 1 is 1.42 bits per heavy atom. The summed E-state index contributed by atoms with van der Waals surface area (Å²) in [4.78, 5) is 0. The molecule has 2 unspecified atom stereocenters. The largest absolute Gasteiger partial charge is 0.385 e. The van der Waals surface area contributed by atoms with Gasteiger partial charge in [-0.1, -0.05) is 19.1 Å². The lowest BCUT2D eigenvalue weighted by Gasteiger charge is -2.09. The van der Waals surface area contributed by atoms with E-state index in [1.54, 1.807) is 7.11 Å². The zero-order valence-corrected chi connectivity index (χ0v) is 9.41. The summed E-state index contributed by atoms with van der Waals surface area (Å²) >= 11 is 0. The molecule has 0 rings (SSSR count). The summed E-state index contributed by atoms with van der Waals surface area (Å²) < 4.78 is 5.06. The maximum Gasteiger partial charge on any atom is 0.0467 e. The lowest BCUT2D eigenvalue weighted by molar-refractivity contribution is 0.183. The predicted molar refractivity (Wildman–Crippen MR) is 58.6 cm³/mol. The highest BCUT2D eigenvalue weighted by atomic mass is 31.0. The van der Waals surface area contributed by atoms with Crippen LogP contribution in [-0.4, -0.2) is 19.9 Å². The topological polar surface area (TPSA) is 9.23 Å². The highest BCUT2D eigenvalue weighted by Gasteiger charge is 2.01. The van der Waals surface area contributed by atoms with Crippen LogP contribution in [0.5, 0.6) is 0 Å². The van der Waals surface area contributed by atoms with Gasteiger partial charge in [-0.15, -0.1) is 9.24 Å². The normalized spacial score (nSPS) is 13.9. The molecule has 0 spiro atoms. The second-order valence-electron chi connectivity index (χ2n) is 2.96. The smallest absolute Gasteiger partial charge is 0.0467 e. The number of allylic oxidation sites excluding steroid dienone is 2. The lowest BCUT2D eigenvalue weighted by atomic mass is 10.0. The van der Waals surface area contributed by atoms with Crippen molar-refractivity contribution in [3.05, 3.63) is 12.2 Å². The van der Waals surface area contributed by atoms with Gasteiger partial charge < -0.3 is 4.74 Å². The SMILES string of the molecule is CCC=CC(CCP)CCOC. The Kier molecular flexibility index (Phi) is 9.32. The van der Waals surface area contributed by atoms with E-state index in [1.165, 1.54) is 12.6 Å². The van der Waals surface area contributed by atoms with Crippen molar-refractivity contribution >= 4 is 9.24 Å². The average molecular weight is 188 g/mol. The Hall–Kier alpha value is 0.130. The molecule has 0 aromatic rings. The van der Waals surface area contributed by atoms with E-state index >= 15 is 0 Å². The van der Waals surface area contributed by atoms with E-state index in [0.717, 1.165) is 19.4 Å². The first-order valence-corrected chi connectivity index (χ1v) is 5.52. The monoisotopic (exact) mass is 188 g/mol. The summed E-state index contributed by atoms with van der Waals surface area (Å²) in [6.07, 6.45) is 9.30. The molecule has 0 amide bonds. The molecule has 0 aliphatic rings. The first-order chi connectivity index (χ1) is 5.85. The summed E-state index contributed by atoms with van der Waals surface area (Å²) in [7, 11) is 4.54. The summed E-state index contributed by atoms with van der Waals surface area (Å²) in [5.74, 6) is 0.711. The van der Waals surface area contributed by atoms with Crippen LogP contribution >= 0.6 is 9.24 Å².